The van der Waals surface area contributed by atoms with Crippen LogP contribution < -0.4 is 5.73 Å². The minimum Gasteiger partial charge on any atom is -0.379 e. The number of hydrogen-bond donors (Lipinski definition) is 1. The maximum Gasteiger partial charge on any atom is 0.154 e. The largest absolute Gasteiger partial charge is 0.379 e. The molecule has 0 radical (unpaired) electrons. The molecular formula is C6H10N2O2S2. The van der Waals surface area contributed by atoms with E-state index in [4.69, 9.17) is 5.73 Å². The molecule has 1 fully saturated rings. The molecule has 0 spiro atoms. The van der Waals surface area contributed by atoms with E-state index in [0.717, 1.165) is 0 Å². The first kappa shape index (κ1) is 8.37. The van der Waals surface area contributed by atoms with Gasteiger partial charge in [-0.2, -0.15) is 0 Å². The average molecular weight is 206 g/mol. The summed E-state index contributed by atoms with van der Waals surface area (Å²) in [4.78, 5) is 4.16. The van der Waals surface area contributed by atoms with E-state index in [2.05, 4.69) is 4.99 Å². The van der Waals surface area contributed by atoms with Crippen LogP contribution in [0, 0.1) is 0 Å². The van der Waals surface area contributed by atoms with Gasteiger partial charge in [0, 0.05) is 0 Å². The molecule has 2 atom stereocenters. The van der Waals surface area contributed by atoms with Crippen molar-refractivity contribution in [3.8, 4) is 0 Å². The molecule has 2 aliphatic rings. The summed E-state index contributed by atoms with van der Waals surface area (Å²) < 4.78 is 22.5. The molecule has 12 heavy (non-hydrogen) atoms. The van der Waals surface area contributed by atoms with Gasteiger partial charge < -0.3 is 5.73 Å². The second-order valence-corrected chi connectivity index (χ2v) is 6.80. The zero-order valence-electron chi connectivity index (χ0n) is 6.65. The maximum absolute atomic E-state index is 11.2. The number of rotatable bonds is 0. The normalized spacial score (nSPS) is 44.1. The van der Waals surface area contributed by atoms with Gasteiger partial charge >= 0.3 is 0 Å². The molecule has 0 aromatic heterocycles. The zero-order valence-corrected chi connectivity index (χ0v) is 8.28. The Morgan fingerprint density at radius 1 is 1.75 bits per heavy atom. The third-order valence-corrected chi connectivity index (χ3v) is 5.61. The quantitative estimate of drug-likeness (QED) is 0.585. The van der Waals surface area contributed by atoms with Crippen LogP contribution in [0.25, 0.3) is 0 Å². The summed E-state index contributed by atoms with van der Waals surface area (Å²) in [6.45, 7) is 1.86. The van der Waals surface area contributed by atoms with Crippen LogP contribution in [-0.2, 0) is 9.84 Å². The smallest absolute Gasteiger partial charge is 0.154 e. The molecule has 2 aliphatic heterocycles. The molecule has 0 aromatic carbocycles. The van der Waals surface area contributed by atoms with Crippen LogP contribution >= 0.6 is 11.8 Å². The summed E-state index contributed by atoms with van der Waals surface area (Å²) in [6.07, 6.45) is 0. The van der Waals surface area contributed by atoms with Crippen molar-refractivity contribution in [1.29, 1.82) is 0 Å². The number of amidine groups is 1. The molecule has 0 aliphatic carbocycles. The van der Waals surface area contributed by atoms with Gasteiger partial charge in [-0.3, -0.25) is 4.99 Å². The Hall–Kier alpha value is -0.230. The van der Waals surface area contributed by atoms with E-state index in [-0.39, 0.29) is 16.8 Å². The van der Waals surface area contributed by atoms with Crippen LogP contribution in [-0.4, -0.2) is 35.9 Å². The van der Waals surface area contributed by atoms with Crippen LogP contribution in [0.4, 0.5) is 0 Å². The number of nitrogens with two attached hydrogens (primary N) is 1. The van der Waals surface area contributed by atoms with Crippen LogP contribution in [0.1, 0.15) is 6.92 Å². The van der Waals surface area contributed by atoms with Crippen LogP contribution in [0.15, 0.2) is 4.99 Å². The molecule has 6 heteroatoms. The van der Waals surface area contributed by atoms with E-state index in [1.54, 1.807) is 0 Å². The van der Waals surface area contributed by atoms with Crippen molar-refractivity contribution in [3.63, 3.8) is 0 Å². The van der Waals surface area contributed by atoms with Gasteiger partial charge in [0.1, 0.15) is 0 Å². The number of sulfone groups is 1. The Morgan fingerprint density at radius 2 is 2.42 bits per heavy atom. The number of nitrogens with zero attached hydrogens (tertiary/aromatic N) is 1. The van der Waals surface area contributed by atoms with Gasteiger partial charge in [-0.15, -0.1) is 0 Å². The molecule has 2 N–H and O–H groups in total. The first-order valence-corrected chi connectivity index (χ1v) is 6.34. The number of aliphatic imine (C=N–C) groups is 1. The van der Waals surface area contributed by atoms with Gasteiger partial charge in [0.2, 0.25) is 0 Å². The highest BCUT2D eigenvalue weighted by Gasteiger charge is 2.51. The van der Waals surface area contributed by atoms with Crippen molar-refractivity contribution in [2.45, 2.75) is 17.7 Å². The van der Waals surface area contributed by atoms with Gasteiger partial charge in [-0.05, 0) is 6.92 Å². The van der Waals surface area contributed by atoms with E-state index >= 15 is 0 Å². The summed E-state index contributed by atoms with van der Waals surface area (Å²) in [5, 5.41) is 0.569. The summed E-state index contributed by atoms with van der Waals surface area (Å²) in [5.41, 5.74) is 5.07. The average Bonchev–Trinajstić information content (AvgIpc) is 2.11. The Kier molecular flexibility index (Phi) is 1.51. The Morgan fingerprint density at radius 3 is 3.00 bits per heavy atom. The molecule has 2 rings (SSSR count). The fraction of sp³-hybridized carbons (Fsp3) is 0.833. The number of fused-ring (bicyclic) bond motifs is 1. The second kappa shape index (κ2) is 2.17. The molecule has 68 valence electrons. The maximum atomic E-state index is 11.2. The molecule has 2 heterocycles. The summed E-state index contributed by atoms with van der Waals surface area (Å²) in [7, 11) is -2.87. The fourth-order valence-electron chi connectivity index (χ4n) is 1.70. The number of thioether (sulfide) groups is 1. The molecule has 1 saturated heterocycles. The second-order valence-electron chi connectivity index (χ2n) is 3.47. The first-order valence-electron chi connectivity index (χ1n) is 3.64. The van der Waals surface area contributed by atoms with Crippen LogP contribution in [0.3, 0.4) is 0 Å². The predicted octanol–water partition coefficient (Wildman–Crippen LogP) is -0.396. The molecule has 0 saturated carbocycles. The SMILES string of the molecule is C[C@@]12CS(=O)(=O)C[C@H]1SC(N)=N2. The van der Waals surface area contributed by atoms with Crippen molar-refractivity contribution < 1.29 is 8.42 Å². The Labute approximate surface area is 75.5 Å². The summed E-state index contributed by atoms with van der Waals surface area (Å²) >= 11 is 1.39. The molecular weight excluding hydrogens is 196 g/mol. The van der Waals surface area contributed by atoms with E-state index < -0.39 is 15.4 Å². The lowest BCUT2D eigenvalue weighted by molar-refractivity contribution is 0.554. The number of hydrogen-bond acceptors (Lipinski definition) is 5. The lowest BCUT2D eigenvalue weighted by atomic mass is 10.0. The Balaban J connectivity index is 2.39. The lowest BCUT2D eigenvalue weighted by Crippen LogP contribution is -2.30. The highest BCUT2D eigenvalue weighted by Crippen LogP contribution is 2.40. The highest BCUT2D eigenvalue weighted by molar-refractivity contribution is 8.15. The molecule has 0 unspecified atom stereocenters. The minimum absolute atomic E-state index is 0.0440. The third kappa shape index (κ3) is 1.13. The van der Waals surface area contributed by atoms with Gasteiger partial charge in [-0.25, -0.2) is 8.42 Å². The summed E-state index contributed by atoms with van der Waals surface area (Å²) in [5.74, 6) is 0.372. The van der Waals surface area contributed by atoms with Gasteiger partial charge in [0.25, 0.3) is 0 Å². The van der Waals surface area contributed by atoms with Crippen LogP contribution in [0.5, 0.6) is 0 Å². The Bertz CT molecular complexity index is 349. The fourth-order valence-corrected chi connectivity index (χ4v) is 5.73. The standard InChI is InChI=1S/C6H10N2O2S2/c1-6-3-12(9,10)2-4(6)11-5(7)8-6/h4H,2-3H2,1H3,(H2,7,8)/t4-,6-/m1/s1. The third-order valence-electron chi connectivity index (χ3n) is 2.24. The molecule has 0 amide bonds. The summed E-state index contributed by atoms with van der Waals surface area (Å²) in [6, 6.07) is 0. The van der Waals surface area contributed by atoms with Crippen molar-refractivity contribution >= 4 is 26.8 Å². The van der Waals surface area contributed by atoms with E-state index in [1.165, 1.54) is 11.8 Å². The van der Waals surface area contributed by atoms with Gasteiger partial charge in [0.15, 0.2) is 15.0 Å². The lowest BCUT2D eigenvalue weighted by Gasteiger charge is -2.15. The monoisotopic (exact) mass is 206 g/mol. The van der Waals surface area contributed by atoms with E-state index in [9.17, 15) is 8.42 Å². The predicted molar refractivity (Wildman–Crippen MR) is 50.1 cm³/mol. The van der Waals surface area contributed by atoms with E-state index in [1.807, 2.05) is 6.92 Å². The van der Waals surface area contributed by atoms with Crippen LogP contribution in [0.2, 0.25) is 0 Å². The van der Waals surface area contributed by atoms with Gasteiger partial charge in [0.05, 0.1) is 22.3 Å². The minimum atomic E-state index is -2.87. The molecule has 0 aromatic rings. The van der Waals surface area contributed by atoms with Crippen molar-refractivity contribution in [2.24, 2.45) is 10.7 Å². The van der Waals surface area contributed by atoms with Gasteiger partial charge in [-0.1, -0.05) is 11.8 Å². The van der Waals surface area contributed by atoms with Crippen molar-refractivity contribution in [2.75, 3.05) is 11.5 Å². The highest BCUT2D eigenvalue weighted by atomic mass is 32.2. The zero-order chi connectivity index (χ0) is 8.98. The van der Waals surface area contributed by atoms with E-state index in [0.29, 0.717) is 5.17 Å². The van der Waals surface area contributed by atoms with Crippen molar-refractivity contribution in [1.82, 2.24) is 0 Å². The van der Waals surface area contributed by atoms with Crippen molar-refractivity contribution in [3.05, 3.63) is 0 Å². The molecule has 0 bridgehead atoms. The molecule has 4 nitrogen and oxygen atoms in total. The topological polar surface area (TPSA) is 72.5 Å². The first-order chi connectivity index (χ1) is 5.41.